The Balaban J connectivity index is 3.11. The minimum absolute atomic E-state index is 0.563. The summed E-state index contributed by atoms with van der Waals surface area (Å²) in [6.07, 6.45) is 19.2. The van der Waals surface area contributed by atoms with Crippen molar-refractivity contribution in [1.29, 1.82) is 0 Å². The third kappa shape index (κ3) is 23.8. The summed E-state index contributed by atoms with van der Waals surface area (Å²) in [4.78, 5) is 0. The largest absolute Gasteiger partial charge is 0.215 e. The molecule has 0 bridgehead atoms. The molecule has 0 heterocycles. The van der Waals surface area contributed by atoms with Gasteiger partial charge in [-0.05, 0) is 12.8 Å². The van der Waals surface area contributed by atoms with Gasteiger partial charge in [0.15, 0.2) is 0 Å². The summed E-state index contributed by atoms with van der Waals surface area (Å²) in [5, 5.41) is 0. The number of hydrogen-bond acceptors (Lipinski definition) is 4. The van der Waals surface area contributed by atoms with E-state index in [4.69, 9.17) is 0 Å². The Morgan fingerprint density at radius 2 is 0.615 bits per heavy atom. The van der Waals surface area contributed by atoms with Gasteiger partial charge in [-0.3, -0.25) is 0 Å². The van der Waals surface area contributed by atoms with Crippen molar-refractivity contribution in [3.05, 3.63) is 0 Å². The van der Waals surface area contributed by atoms with Crippen molar-refractivity contribution < 1.29 is 16.8 Å². The molecule has 0 saturated heterocycles. The summed E-state index contributed by atoms with van der Waals surface area (Å²) in [5.74, 6) is 0. The first kappa shape index (κ1) is 25.8. The van der Waals surface area contributed by atoms with E-state index in [0.29, 0.717) is 13.1 Å². The molecular formula is C18H40N2O4S2. The number of unbranched alkanes of at least 4 members (excludes halogenated alkanes) is 13. The number of sulfonamides is 2. The quantitative estimate of drug-likeness (QED) is 0.317. The highest BCUT2D eigenvalue weighted by Crippen LogP contribution is 2.12. The van der Waals surface area contributed by atoms with Gasteiger partial charge in [0.25, 0.3) is 0 Å². The van der Waals surface area contributed by atoms with Gasteiger partial charge in [-0.2, -0.15) is 0 Å². The maximum absolute atomic E-state index is 10.9. The third-order valence-electron chi connectivity index (χ3n) is 4.33. The van der Waals surface area contributed by atoms with Crippen LogP contribution in [0.1, 0.15) is 89.9 Å². The first-order valence-corrected chi connectivity index (χ1v) is 13.9. The van der Waals surface area contributed by atoms with Gasteiger partial charge in [0.2, 0.25) is 20.0 Å². The van der Waals surface area contributed by atoms with E-state index in [2.05, 4.69) is 9.44 Å². The molecule has 0 rings (SSSR count). The van der Waals surface area contributed by atoms with Crippen molar-refractivity contribution in [3.8, 4) is 0 Å². The van der Waals surface area contributed by atoms with E-state index in [9.17, 15) is 16.8 Å². The van der Waals surface area contributed by atoms with Crippen molar-refractivity contribution in [2.45, 2.75) is 89.9 Å². The Kier molecular flexibility index (Phi) is 15.7. The van der Waals surface area contributed by atoms with Gasteiger partial charge in [0, 0.05) is 13.1 Å². The zero-order chi connectivity index (χ0) is 19.7. The number of hydrogen-bond donors (Lipinski definition) is 2. The number of nitrogens with one attached hydrogen (secondary N) is 2. The molecule has 0 aliphatic carbocycles. The predicted octanol–water partition coefficient (Wildman–Crippen LogP) is 3.55. The second-order valence-electron chi connectivity index (χ2n) is 7.28. The average molecular weight is 413 g/mol. The fourth-order valence-corrected chi connectivity index (χ4v) is 3.92. The lowest BCUT2D eigenvalue weighted by molar-refractivity contribution is 0.530. The standard InChI is InChI=1S/C18H40N2O4S2/c1-25(21,22)19-17-15-13-11-9-7-5-3-4-6-8-10-12-14-16-18-20-26(2,23)24/h19-20H,3-18H2,1-2H3. The summed E-state index contributed by atoms with van der Waals surface area (Å²) < 4.78 is 48.6. The molecule has 0 aromatic rings. The molecule has 26 heavy (non-hydrogen) atoms. The predicted molar refractivity (Wildman–Crippen MR) is 110 cm³/mol. The maximum atomic E-state index is 10.9. The molecule has 2 N–H and O–H groups in total. The smallest absolute Gasteiger partial charge is 0.208 e. The van der Waals surface area contributed by atoms with Gasteiger partial charge in [-0.1, -0.05) is 77.0 Å². The number of rotatable bonds is 19. The normalized spacial score (nSPS) is 12.5. The van der Waals surface area contributed by atoms with Crippen LogP contribution in [-0.4, -0.2) is 42.4 Å². The second-order valence-corrected chi connectivity index (χ2v) is 10.9. The van der Waals surface area contributed by atoms with E-state index < -0.39 is 20.0 Å². The first-order valence-electron chi connectivity index (χ1n) is 10.1. The molecule has 0 amide bonds. The van der Waals surface area contributed by atoms with Crippen molar-refractivity contribution in [2.75, 3.05) is 25.6 Å². The molecule has 0 saturated carbocycles. The lowest BCUT2D eigenvalue weighted by Crippen LogP contribution is -2.22. The van der Waals surface area contributed by atoms with Crippen molar-refractivity contribution in [3.63, 3.8) is 0 Å². The lowest BCUT2D eigenvalue weighted by Gasteiger charge is -2.04. The topological polar surface area (TPSA) is 92.3 Å². The van der Waals surface area contributed by atoms with Gasteiger partial charge in [0.05, 0.1) is 12.5 Å². The van der Waals surface area contributed by atoms with Crippen LogP contribution >= 0.6 is 0 Å². The lowest BCUT2D eigenvalue weighted by atomic mass is 10.0. The zero-order valence-electron chi connectivity index (χ0n) is 16.8. The Bertz CT molecular complexity index is 471. The van der Waals surface area contributed by atoms with Crippen LogP contribution in [0.15, 0.2) is 0 Å². The SMILES string of the molecule is CS(=O)(=O)NCCCCCCCCCCCCCCCCNS(C)(=O)=O. The summed E-state index contributed by atoms with van der Waals surface area (Å²) >= 11 is 0. The highest BCUT2D eigenvalue weighted by molar-refractivity contribution is 7.89. The highest BCUT2D eigenvalue weighted by atomic mass is 32.2. The molecule has 0 unspecified atom stereocenters. The van der Waals surface area contributed by atoms with Crippen molar-refractivity contribution in [1.82, 2.24) is 9.44 Å². The molecule has 6 nitrogen and oxygen atoms in total. The van der Waals surface area contributed by atoms with Crippen molar-refractivity contribution >= 4 is 20.0 Å². The fraction of sp³-hybridized carbons (Fsp3) is 1.00. The van der Waals surface area contributed by atoms with E-state index in [-0.39, 0.29) is 0 Å². The summed E-state index contributed by atoms with van der Waals surface area (Å²) in [5.41, 5.74) is 0. The molecule has 0 aliphatic rings. The van der Waals surface area contributed by atoms with Crippen LogP contribution in [0.3, 0.4) is 0 Å². The molecule has 0 spiro atoms. The van der Waals surface area contributed by atoms with Gasteiger partial charge >= 0.3 is 0 Å². The first-order chi connectivity index (χ1) is 12.2. The minimum atomic E-state index is -3.02. The van der Waals surface area contributed by atoms with E-state index in [1.54, 1.807) is 0 Å². The Morgan fingerprint density at radius 3 is 0.808 bits per heavy atom. The summed E-state index contributed by atoms with van der Waals surface area (Å²) in [7, 11) is -6.05. The second kappa shape index (κ2) is 15.8. The molecular weight excluding hydrogens is 372 g/mol. The van der Waals surface area contributed by atoms with Gasteiger partial charge in [-0.25, -0.2) is 26.3 Å². The van der Waals surface area contributed by atoms with Gasteiger partial charge < -0.3 is 0 Å². The average Bonchev–Trinajstić information content (AvgIpc) is 2.51. The van der Waals surface area contributed by atoms with Gasteiger partial charge in [0.1, 0.15) is 0 Å². The van der Waals surface area contributed by atoms with E-state index in [1.165, 1.54) is 76.7 Å². The van der Waals surface area contributed by atoms with Crippen LogP contribution in [0, 0.1) is 0 Å². The Morgan fingerprint density at radius 1 is 0.423 bits per heavy atom. The van der Waals surface area contributed by atoms with E-state index in [0.717, 1.165) is 25.7 Å². The molecule has 0 aromatic heterocycles. The van der Waals surface area contributed by atoms with Crippen LogP contribution in [0.5, 0.6) is 0 Å². The molecule has 0 aliphatic heterocycles. The van der Waals surface area contributed by atoms with Crippen LogP contribution in [-0.2, 0) is 20.0 Å². The molecule has 0 fully saturated rings. The molecule has 0 aromatic carbocycles. The van der Waals surface area contributed by atoms with E-state index >= 15 is 0 Å². The maximum Gasteiger partial charge on any atom is 0.208 e. The minimum Gasteiger partial charge on any atom is -0.215 e. The third-order valence-corrected chi connectivity index (χ3v) is 5.79. The molecule has 158 valence electrons. The van der Waals surface area contributed by atoms with Gasteiger partial charge in [-0.15, -0.1) is 0 Å². The van der Waals surface area contributed by atoms with Crippen LogP contribution in [0.2, 0.25) is 0 Å². The monoisotopic (exact) mass is 412 g/mol. The van der Waals surface area contributed by atoms with Crippen LogP contribution in [0.25, 0.3) is 0 Å². The van der Waals surface area contributed by atoms with Crippen LogP contribution in [0.4, 0.5) is 0 Å². The molecule has 0 atom stereocenters. The van der Waals surface area contributed by atoms with Crippen molar-refractivity contribution in [2.24, 2.45) is 0 Å². The Labute approximate surface area is 162 Å². The fourth-order valence-electron chi connectivity index (χ4n) is 2.89. The Hall–Kier alpha value is -0.180. The molecule has 0 radical (unpaired) electrons. The highest BCUT2D eigenvalue weighted by Gasteiger charge is 2.00. The van der Waals surface area contributed by atoms with Crippen LogP contribution < -0.4 is 9.44 Å². The molecule has 8 heteroatoms. The van der Waals surface area contributed by atoms with E-state index in [1.807, 2.05) is 0 Å². The zero-order valence-corrected chi connectivity index (χ0v) is 18.4. The summed E-state index contributed by atoms with van der Waals surface area (Å²) in [6.45, 7) is 1.13. The summed E-state index contributed by atoms with van der Waals surface area (Å²) in [6, 6.07) is 0.